The molecule has 0 unspecified atom stereocenters. The molecule has 3 heterocycles. The van der Waals surface area contributed by atoms with Crippen molar-refractivity contribution in [2.45, 2.75) is 90.6 Å². The van der Waals surface area contributed by atoms with E-state index in [1.807, 2.05) is 23.6 Å². The summed E-state index contributed by atoms with van der Waals surface area (Å²) in [6, 6.07) is 7.89. The zero-order valence-corrected chi connectivity index (χ0v) is 24.5. The second-order valence-electron chi connectivity index (χ2n) is 12.7. The molecule has 0 aromatic carbocycles. The SMILES string of the molecule is CC(C)C[C@H](NC(=O)[C@@H](NC(=O)c1cccc(-c2cccs2)n1)[C@@H](C)O)B1O[C@@H]2C[C@H]3C[C@H](C3(C)C)[C@]2(C)O1. The van der Waals surface area contributed by atoms with Crippen LogP contribution in [0.2, 0.25) is 0 Å². The van der Waals surface area contributed by atoms with Crippen LogP contribution in [-0.4, -0.2) is 58.8 Å². The maximum absolute atomic E-state index is 13.5. The molecule has 0 radical (unpaired) electrons. The number of aliphatic hydroxyl groups excluding tert-OH is 1. The summed E-state index contributed by atoms with van der Waals surface area (Å²) >= 11 is 1.53. The monoisotopic (exact) mass is 553 g/mol. The summed E-state index contributed by atoms with van der Waals surface area (Å²) in [5.74, 6) is -0.108. The molecule has 210 valence electrons. The Kier molecular flexibility index (Phi) is 7.69. The van der Waals surface area contributed by atoms with Gasteiger partial charge in [0, 0.05) is 0 Å². The first kappa shape index (κ1) is 28.3. The highest BCUT2D eigenvalue weighted by molar-refractivity contribution is 7.13. The number of carbonyl (C=O) groups excluding carboxylic acids is 2. The van der Waals surface area contributed by atoms with Crippen molar-refractivity contribution in [3.63, 3.8) is 0 Å². The number of aromatic nitrogens is 1. The highest BCUT2D eigenvalue weighted by Gasteiger charge is 2.68. The van der Waals surface area contributed by atoms with Crippen molar-refractivity contribution in [2.24, 2.45) is 23.2 Å². The summed E-state index contributed by atoms with van der Waals surface area (Å²) in [4.78, 5) is 32.0. The fourth-order valence-electron chi connectivity index (χ4n) is 6.83. The molecule has 2 bridgehead atoms. The Morgan fingerprint density at radius 1 is 1.15 bits per heavy atom. The van der Waals surface area contributed by atoms with Crippen LogP contribution in [0.25, 0.3) is 10.6 Å². The summed E-state index contributed by atoms with van der Waals surface area (Å²) in [6.45, 7) is 12.5. The predicted molar refractivity (Wildman–Crippen MR) is 152 cm³/mol. The zero-order chi connectivity index (χ0) is 28.1. The molecule has 2 aromatic rings. The molecule has 2 amide bonds. The average molecular weight is 554 g/mol. The van der Waals surface area contributed by atoms with Gasteiger partial charge in [0.25, 0.3) is 5.91 Å². The van der Waals surface area contributed by atoms with Crippen LogP contribution in [-0.2, 0) is 14.1 Å². The Balaban J connectivity index is 1.29. The summed E-state index contributed by atoms with van der Waals surface area (Å²) in [7, 11) is -0.587. The Morgan fingerprint density at radius 3 is 2.56 bits per heavy atom. The minimum absolute atomic E-state index is 0.000185. The molecule has 1 aliphatic heterocycles. The van der Waals surface area contributed by atoms with Gasteiger partial charge in [0.1, 0.15) is 11.7 Å². The largest absolute Gasteiger partial charge is 0.481 e. The van der Waals surface area contributed by atoms with Gasteiger partial charge in [0.15, 0.2) is 0 Å². The summed E-state index contributed by atoms with van der Waals surface area (Å²) in [6.07, 6.45) is 1.63. The van der Waals surface area contributed by atoms with Crippen LogP contribution in [0.3, 0.4) is 0 Å². The number of thiophene rings is 1. The molecule has 7 atom stereocenters. The number of pyridine rings is 1. The third-order valence-electron chi connectivity index (χ3n) is 9.16. The van der Waals surface area contributed by atoms with Crippen LogP contribution in [0, 0.1) is 23.2 Å². The molecule has 10 heteroatoms. The minimum atomic E-state index is -1.16. The number of carbonyl (C=O) groups is 2. The molecule has 4 fully saturated rings. The van der Waals surface area contributed by atoms with Gasteiger partial charge in [-0.05, 0) is 79.9 Å². The van der Waals surface area contributed by atoms with Gasteiger partial charge in [0.2, 0.25) is 5.91 Å². The number of nitrogens with one attached hydrogen (secondary N) is 2. The number of rotatable bonds is 9. The first-order chi connectivity index (χ1) is 18.4. The number of hydrogen-bond donors (Lipinski definition) is 3. The molecule has 2 aromatic heterocycles. The minimum Gasteiger partial charge on any atom is -0.404 e. The van der Waals surface area contributed by atoms with E-state index in [-0.39, 0.29) is 28.7 Å². The normalized spacial score (nSPS) is 29.2. The van der Waals surface area contributed by atoms with Gasteiger partial charge in [-0.1, -0.05) is 39.8 Å². The lowest BCUT2D eigenvalue weighted by atomic mass is 9.43. The maximum Gasteiger partial charge on any atom is 0.481 e. The van der Waals surface area contributed by atoms with Crippen molar-refractivity contribution in [1.82, 2.24) is 15.6 Å². The molecular formula is C29H40BN3O5S. The Bertz CT molecular complexity index is 1210. The molecule has 4 aliphatic rings. The van der Waals surface area contributed by atoms with Crippen LogP contribution in [0.5, 0.6) is 0 Å². The lowest BCUT2D eigenvalue weighted by Crippen LogP contribution is -2.65. The van der Waals surface area contributed by atoms with E-state index in [9.17, 15) is 14.7 Å². The number of amides is 2. The van der Waals surface area contributed by atoms with Crippen molar-refractivity contribution in [1.29, 1.82) is 0 Å². The maximum atomic E-state index is 13.5. The topological polar surface area (TPSA) is 110 Å². The van der Waals surface area contributed by atoms with E-state index < -0.39 is 37.0 Å². The molecule has 39 heavy (non-hydrogen) atoms. The molecule has 8 nitrogen and oxygen atoms in total. The van der Waals surface area contributed by atoms with Crippen molar-refractivity contribution in [2.75, 3.05) is 0 Å². The van der Waals surface area contributed by atoms with E-state index in [4.69, 9.17) is 9.31 Å². The molecule has 0 spiro atoms. The molecule has 3 aliphatic carbocycles. The number of hydrogen-bond acceptors (Lipinski definition) is 7. The Labute approximate surface area is 235 Å². The van der Waals surface area contributed by atoms with Crippen molar-refractivity contribution in [3.8, 4) is 10.6 Å². The number of nitrogens with zero attached hydrogens (tertiary/aromatic N) is 1. The molecule has 3 N–H and O–H groups in total. The smallest absolute Gasteiger partial charge is 0.404 e. The van der Waals surface area contributed by atoms with Crippen LogP contribution in [0.1, 0.15) is 71.3 Å². The predicted octanol–water partition coefficient (Wildman–Crippen LogP) is 4.09. The highest BCUT2D eigenvalue weighted by atomic mass is 32.1. The van der Waals surface area contributed by atoms with Gasteiger partial charge < -0.3 is 25.0 Å². The first-order valence-electron chi connectivity index (χ1n) is 14.0. The lowest BCUT2D eigenvalue weighted by Gasteiger charge is -2.64. The Hall–Kier alpha value is -2.27. The average Bonchev–Trinajstić information content (AvgIpc) is 3.53. The van der Waals surface area contributed by atoms with Gasteiger partial charge in [-0.25, -0.2) is 4.98 Å². The van der Waals surface area contributed by atoms with E-state index in [0.717, 1.165) is 17.7 Å². The molecule has 3 saturated carbocycles. The summed E-state index contributed by atoms with van der Waals surface area (Å²) in [5.41, 5.74) is 0.690. The second-order valence-corrected chi connectivity index (χ2v) is 13.6. The van der Waals surface area contributed by atoms with Crippen LogP contribution in [0.4, 0.5) is 0 Å². The summed E-state index contributed by atoms with van der Waals surface area (Å²) in [5, 5.41) is 18.2. The summed E-state index contributed by atoms with van der Waals surface area (Å²) < 4.78 is 13.1. The fraction of sp³-hybridized carbons (Fsp3) is 0.621. The molecule has 6 rings (SSSR count). The van der Waals surface area contributed by atoms with E-state index in [2.05, 4.69) is 50.2 Å². The van der Waals surface area contributed by atoms with Gasteiger partial charge in [-0.3, -0.25) is 9.59 Å². The third-order valence-corrected chi connectivity index (χ3v) is 10.0. The zero-order valence-electron chi connectivity index (χ0n) is 23.6. The van der Waals surface area contributed by atoms with Crippen LogP contribution in [0.15, 0.2) is 35.7 Å². The van der Waals surface area contributed by atoms with E-state index in [1.54, 1.807) is 12.1 Å². The highest BCUT2D eigenvalue weighted by Crippen LogP contribution is 2.65. The standard InChI is InChI=1S/C29H40BN3O5S/c1-16(2)13-24(30-37-23-15-18-14-22(28(18,4)5)29(23,6)38-30)32-27(36)25(17(3)34)33-26(35)20-10-7-9-19(31-20)21-11-8-12-39-21/h7-12,16-18,22-25,34H,13-15H2,1-6H3,(H,32,36)(H,33,35)/t17-,18-,22-,23-,24+,25+,29+/m1/s1. The fourth-order valence-corrected chi connectivity index (χ4v) is 7.53. The van der Waals surface area contributed by atoms with Crippen molar-refractivity contribution >= 4 is 30.3 Å². The Morgan fingerprint density at radius 2 is 1.92 bits per heavy atom. The quantitative estimate of drug-likeness (QED) is 0.404. The van der Waals surface area contributed by atoms with Crippen molar-refractivity contribution in [3.05, 3.63) is 41.4 Å². The van der Waals surface area contributed by atoms with Gasteiger partial charge >= 0.3 is 7.12 Å². The van der Waals surface area contributed by atoms with Gasteiger partial charge in [-0.15, -0.1) is 11.3 Å². The van der Waals surface area contributed by atoms with Crippen LogP contribution < -0.4 is 10.6 Å². The number of aliphatic hydroxyl groups is 1. The van der Waals surface area contributed by atoms with Gasteiger partial charge in [-0.2, -0.15) is 0 Å². The first-order valence-corrected chi connectivity index (χ1v) is 14.9. The third kappa shape index (κ3) is 5.28. The van der Waals surface area contributed by atoms with E-state index in [0.29, 0.717) is 24.0 Å². The second kappa shape index (κ2) is 10.6. The van der Waals surface area contributed by atoms with E-state index in [1.165, 1.54) is 18.3 Å². The lowest BCUT2D eigenvalue weighted by molar-refractivity contribution is -0.199. The molecular weight excluding hydrogens is 513 g/mol. The molecule has 1 saturated heterocycles. The van der Waals surface area contributed by atoms with E-state index >= 15 is 0 Å². The van der Waals surface area contributed by atoms with Crippen LogP contribution >= 0.6 is 11.3 Å². The van der Waals surface area contributed by atoms with Crippen molar-refractivity contribution < 1.29 is 24.0 Å². The van der Waals surface area contributed by atoms with Gasteiger partial charge in [0.05, 0.1) is 34.3 Å².